The van der Waals surface area contributed by atoms with Crippen LogP contribution in [0.5, 0.6) is 0 Å². The molecule has 2 aromatic rings. The summed E-state index contributed by atoms with van der Waals surface area (Å²) in [5.74, 6) is 0. The lowest BCUT2D eigenvalue weighted by molar-refractivity contribution is 0.695. The molecule has 29 heavy (non-hydrogen) atoms. The minimum absolute atomic E-state index is 0.203. The maximum Gasteiger partial charge on any atom is 0.00262 e. The maximum atomic E-state index is 2.50. The molecule has 0 aliphatic heterocycles. The zero-order valence-electron chi connectivity index (χ0n) is 19.1. The Balaban J connectivity index is 2.13. The molecule has 0 amide bonds. The van der Waals surface area contributed by atoms with Crippen LogP contribution < -0.4 is 10.6 Å². The summed E-state index contributed by atoms with van der Waals surface area (Å²) in [7, 11) is -0.696. The van der Waals surface area contributed by atoms with Gasteiger partial charge in [-0.1, -0.05) is 129 Å². The quantitative estimate of drug-likeness (QED) is 0.431. The predicted molar refractivity (Wildman–Crippen MR) is 136 cm³/mol. The van der Waals surface area contributed by atoms with Gasteiger partial charge in [0.2, 0.25) is 0 Å². The molecule has 0 saturated heterocycles. The Morgan fingerprint density at radius 3 is 1.59 bits per heavy atom. The average molecular weight is 423 g/mol. The van der Waals surface area contributed by atoms with Crippen LogP contribution in [0.15, 0.2) is 83.7 Å². The molecule has 1 unspecified atom stereocenters. The van der Waals surface area contributed by atoms with Gasteiger partial charge in [-0.2, -0.15) is 0 Å². The largest absolute Gasteiger partial charge is 0.0882 e. The van der Waals surface area contributed by atoms with Crippen molar-refractivity contribution in [2.45, 2.75) is 70.9 Å². The lowest BCUT2D eigenvalue weighted by Crippen LogP contribution is -2.31. The van der Waals surface area contributed by atoms with Crippen molar-refractivity contribution in [1.29, 1.82) is 0 Å². The molecular weight excluding hydrogens is 386 g/mol. The highest BCUT2D eigenvalue weighted by atomic mass is 31.1. The first kappa shape index (κ1) is 22.5. The van der Waals surface area contributed by atoms with Crippen molar-refractivity contribution in [3.63, 3.8) is 0 Å². The van der Waals surface area contributed by atoms with E-state index in [0.29, 0.717) is 16.0 Å². The minimum Gasteiger partial charge on any atom is -0.0882 e. The van der Waals surface area contributed by atoms with E-state index in [1.165, 1.54) is 10.6 Å². The fraction of sp³-hybridized carbons (Fsp3) is 0.407. The summed E-state index contributed by atoms with van der Waals surface area (Å²) in [6.45, 7) is 17.1. The van der Waals surface area contributed by atoms with Gasteiger partial charge < -0.3 is 0 Å². The van der Waals surface area contributed by atoms with Gasteiger partial charge in [-0.15, -0.1) is 0 Å². The van der Waals surface area contributed by atoms with Gasteiger partial charge in [0.05, 0.1) is 0 Å². The Hall–Kier alpha value is -1.22. The molecule has 1 aliphatic carbocycles. The van der Waals surface area contributed by atoms with Crippen LogP contribution in [-0.4, -0.2) is 16.0 Å². The van der Waals surface area contributed by atoms with Gasteiger partial charge in [-0.25, -0.2) is 0 Å². The third kappa shape index (κ3) is 5.10. The number of benzene rings is 2. The lowest BCUT2D eigenvalue weighted by atomic mass is 10.2. The maximum absolute atomic E-state index is 2.50. The summed E-state index contributed by atoms with van der Waals surface area (Å²) in [6.07, 6.45) is 5.95. The van der Waals surface area contributed by atoms with Crippen molar-refractivity contribution in [2.24, 2.45) is 0 Å². The molecule has 1 aliphatic rings. The van der Waals surface area contributed by atoms with Crippen molar-refractivity contribution in [3.8, 4) is 0 Å². The standard InChI is InChI=1S/C27H36P2/c1-21(29(26(2,3)4)27(5,6)7)24-19-14-20-25(24)28(22-15-10-8-11-16-22)23-17-12-9-13-18-23/h8-19,21H,20H2,1-7H3. The average Bonchev–Trinajstić information content (AvgIpc) is 3.11. The van der Waals surface area contributed by atoms with Crippen LogP contribution in [0.3, 0.4) is 0 Å². The Morgan fingerprint density at radius 2 is 1.17 bits per heavy atom. The molecule has 3 rings (SSSR count). The van der Waals surface area contributed by atoms with E-state index in [4.69, 9.17) is 0 Å². The fourth-order valence-electron chi connectivity index (χ4n) is 5.03. The van der Waals surface area contributed by atoms with Crippen LogP contribution >= 0.6 is 15.8 Å². The Morgan fingerprint density at radius 1 is 0.724 bits per heavy atom. The monoisotopic (exact) mass is 422 g/mol. The van der Waals surface area contributed by atoms with E-state index in [1.807, 2.05) is 0 Å². The molecule has 1 atom stereocenters. The number of hydrogen-bond acceptors (Lipinski definition) is 0. The second-order valence-electron chi connectivity index (χ2n) is 9.90. The molecule has 0 fully saturated rings. The highest BCUT2D eigenvalue weighted by Gasteiger charge is 2.40. The van der Waals surface area contributed by atoms with E-state index in [2.05, 4.69) is 121 Å². The number of rotatable bonds is 5. The van der Waals surface area contributed by atoms with Gasteiger partial charge in [0.15, 0.2) is 0 Å². The summed E-state index contributed by atoms with van der Waals surface area (Å²) in [5.41, 5.74) is 2.20. The highest BCUT2D eigenvalue weighted by Crippen LogP contribution is 2.65. The van der Waals surface area contributed by atoms with E-state index >= 15 is 0 Å². The van der Waals surface area contributed by atoms with E-state index < -0.39 is 7.92 Å². The smallest absolute Gasteiger partial charge is 0.00262 e. The van der Waals surface area contributed by atoms with Gasteiger partial charge in [-0.3, -0.25) is 0 Å². The van der Waals surface area contributed by atoms with Crippen LogP contribution in [-0.2, 0) is 0 Å². The molecule has 0 saturated carbocycles. The van der Waals surface area contributed by atoms with E-state index in [0.717, 1.165) is 6.42 Å². The molecule has 154 valence electrons. The molecule has 2 heteroatoms. The van der Waals surface area contributed by atoms with Crippen LogP contribution in [0.1, 0.15) is 54.9 Å². The van der Waals surface area contributed by atoms with Crippen molar-refractivity contribution in [1.82, 2.24) is 0 Å². The van der Waals surface area contributed by atoms with Gasteiger partial charge in [0.25, 0.3) is 0 Å². The SMILES string of the molecule is CC(C1=C(P(c2ccccc2)c2ccccc2)CC=C1)P(C(C)(C)C)C(C)(C)C. The molecule has 0 radical (unpaired) electrons. The van der Waals surface area contributed by atoms with E-state index in [1.54, 1.807) is 10.9 Å². The van der Waals surface area contributed by atoms with Gasteiger partial charge in [0.1, 0.15) is 0 Å². The summed E-state index contributed by atoms with van der Waals surface area (Å²) < 4.78 is 0. The fourth-order valence-corrected chi connectivity index (χ4v) is 12.7. The molecule has 0 N–H and O–H groups in total. The van der Waals surface area contributed by atoms with Gasteiger partial charge in [-0.05, 0) is 46.2 Å². The third-order valence-electron chi connectivity index (χ3n) is 5.52. The summed E-state index contributed by atoms with van der Waals surface area (Å²) in [6, 6.07) is 22.3. The zero-order chi connectivity index (χ0) is 21.2. The molecule has 0 heterocycles. The van der Waals surface area contributed by atoms with E-state index in [-0.39, 0.29) is 7.92 Å². The Labute approximate surface area is 181 Å². The summed E-state index contributed by atoms with van der Waals surface area (Å²) >= 11 is 0. The molecule has 0 spiro atoms. The van der Waals surface area contributed by atoms with Crippen molar-refractivity contribution in [2.75, 3.05) is 0 Å². The first-order valence-corrected chi connectivity index (χ1v) is 13.4. The van der Waals surface area contributed by atoms with Crippen molar-refractivity contribution in [3.05, 3.63) is 83.7 Å². The second-order valence-corrected chi connectivity index (χ2v) is 16.3. The van der Waals surface area contributed by atoms with Crippen molar-refractivity contribution >= 4 is 26.5 Å². The van der Waals surface area contributed by atoms with Gasteiger partial charge in [0, 0.05) is 5.66 Å². The zero-order valence-corrected chi connectivity index (χ0v) is 20.9. The third-order valence-corrected chi connectivity index (χ3v) is 12.1. The Bertz CT molecular complexity index is 811. The normalized spacial score (nSPS) is 16.2. The lowest BCUT2D eigenvalue weighted by Gasteiger charge is -2.46. The molecule has 0 nitrogen and oxygen atoms in total. The minimum atomic E-state index is -0.493. The first-order chi connectivity index (χ1) is 13.6. The number of allylic oxidation sites excluding steroid dienone is 4. The molecule has 0 bridgehead atoms. The van der Waals surface area contributed by atoms with Crippen LogP contribution in [0, 0.1) is 0 Å². The molecule has 2 aromatic carbocycles. The molecular formula is C27H36P2. The van der Waals surface area contributed by atoms with Crippen LogP contribution in [0.2, 0.25) is 0 Å². The topological polar surface area (TPSA) is 0 Å². The van der Waals surface area contributed by atoms with Crippen LogP contribution in [0.4, 0.5) is 0 Å². The number of hydrogen-bond donors (Lipinski definition) is 0. The molecule has 0 aromatic heterocycles. The second kappa shape index (κ2) is 8.88. The first-order valence-electron chi connectivity index (χ1n) is 10.7. The highest BCUT2D eigenvalue weighted by molar-refractivity contribution is 7.76. The Kier molecular flexibility index (Phi) is 6.88. The summed E-state index contributed by atoms with van der Waals surface area (Å²) in [4.78, 5) is 0. The van der Waals surface area contributed by atoms with Crippen molar-refractivity contribution < 1.29 is 0 Å². The summed E-state index contributed by atoms with van der Waals surface area (Å²) in [5, 5.41) is 5.24. The van der Waals surface area contributed by atoms with Gasteiger partial charge >= 0.3 is 0 Å². The van der Waals surface area contributed by atoms with E-state index in [9.17, 15) is 0 Å². The van der Waals surface area contributed by atoms with Crippen LogP contribution in [0.25, 0.3) is 0 Å². The predicted octanol–water partition coefficient (Wildman–Crippen LogP) is 7.80.